The molecule has 0 radical (unpaired) electrons. The van der Waals surface area contributed by atoms with Crippen molar-refractivity contribution in [1.29, 1.82) is 0 Å². The lowest BCUT2D eigenvalue weighted by molar-refractivity contribution is -0.258. The van der Waals surface area contributed by atoms with Crippen LogP contribution in [0, 0.1) is 23.7 Å². The van der Waals surface area contributed by atoms with Gasteiger partial charge in [0, 0.05) is 43.6 Å². The minimum atomic E-state index is -1.34. The van der Waals surface area contributed by atoms with Crippen LogP contribution in [0.15, 0.2) is 90.1 Å². The molecule has 0 aromatic heterocycles. The van der Waals surface area contributed by atoms with Gasteiger partial charge < -0.3 is 34.5 Å². The minimum absolute atomic E-state index is 0.0771. The third kappa shape index (κ3) is 8.07. The van der Waals surface area contributed by atoms with Crippen molar-refractivity contribution in [2.24, 2.45) is 28.8 Å². The fraction of sp³-hybridized carbons (Fsp3) is 0.522. The second-order valence-electron chi connectivity index (χ2n) is 16.9. The molecule has 3 aromatic rings. The third-order valence-electron chi connectivity index (χ3n) is 11.9. The Morgan fingerprint density at radius 2 is 1.76 bits per heavy atom. The maximum absolute atomic E-state index is 14.9. The number of aliphatic hydroxyl groups excluding tert-OH is 2. The molecule has 2 saturated carbocycles. The smallest absolute Gasteiger partial charge is 0.239 e. The number of amides is 1. The summed E-state index contributed by atoms with van der Waals surface area (Å²) in [5.41, 5.74) is 3.14. The number of aromatic hydroxyl groups is 1. The van der Waals surface area contributed by atoms with Crippen molar-refractivity contribution >= 4 is 22.4 Å². The maximum atomic E-state index is 14.9. The van der Waals surface area contributed by atoms with Gasteiger partial charge in [-0.1, -0.05) is 72.6 Å². The van der Waals surface area contributed by atoms with Gasteiger partial charge in [-0.25, -0.2) is 0 Å². The number of ether oxygens (including phenoxy) is 2. The lowest BCUT2D eigenvalue weighted by Crippen LogP contribution is -2.70. The van der Waals surface area contributed by atoms with Crippen LogP contribution in [-0.4, -0.2) is 69.1 Å². The summed E-state index contributed by atoms with van der Waals surface area (Å²) < 4.78 is 14.4. The molecule has 9 heteroatoms. The number of phenols is 1. The molecular weight excluding hydrogens is 693 g/mol. The van der Waals surface area contributed by atoms with Crippen molar-refractivity contribution in [3.8, 4) is 11.5 Å². The number of benzene rings is 3. The van der Waals surface area contributed by atoms with Crippen LogP contribution in [0.5, 0.6) is 11.5 Å². The molecule has 4 aliphatic rings. The summed E-state index contributed by atoms with van der Waals surface area (Å²) in [5.74, 6) is -0.949. The molecule has 9 nitrogen and oxygen atoms in total. The maximum Gasteiger partial charge on any atom is 0.239 e. The molecule has 294 valence electrons. The van der Waals surface area contributed by atoms with E-state index in [1.54, 1.807) is 12.1 Å². The van der Waals surface area contributed by atoms with Gasteiger partial charge in [-0.15, -0.1) is 6.58 Å². The van der Waals surface area contributed by atoms with Crippen LogP contribution in [0.3, 0.4) is 0 Å². The van der Waals surface area contributed by atoms with E-state index in [1.165, 1.54) is 0 Å². The molecule has 1 aliphatic heterocycles. The molecule has 55 heavy (non-hydrogen) atoms. The monoisotopic (exact) mass is 750 g/mol. The highest BCUT2D eigenvalue weighted by molar-refractivity contribution is 6.03. The number of aliphatic hydroxyl groups is 2. The van der Waals surface area contributed by atoms with Crippen molar-refractivity contribution in [2.75, 3.05) is 19.8 Å². The van der Waals surface area contributed by atoms with Crippen LogP contribution in [0.4, 0.5) is 0 Å². The number of phenolic OH excluding ortho intramolecular Hbond substituents is 1. The van der Waals surface area contributed by atoms with Crippen molar-refractivity contribution in [1.82, 2.24) is 4.90 Å². The van der Waals surface area contributed by atoms with Crippen LogP contribution < -0.4 is 4.74 Å². The molecule has 3 aliphatic carbocycles. The zero-order valence-electron chi connectivity index (χ0n) is 32.7. The number of carbonyl (C=O) groups is 1. The van der Waals surface area contributed by atoms with Crippen LogP contribution >= 0.6 is 0 Å². The number of allylic oxidation sites excluding steroid dienone is 1. The van der Waals surface area contributed by atoms with E-state index < -0.39 is 23.3 Å². The molecule has 3 aromatic carbocycles. The molecule has 2 fully saturated rings. The summed E-state index contributed by atoms with van der Waals surface area (Å²) in [4.78, 5) is 23.1. The highest BCUT2D eigenvalue weighted by Gasteiger charge is 2.66. The topological polar surface area (TPSA) is 121 Å². The Morgan fingerprint density at radius 3 is 2.49 bits per heavy atom. The molecule has 0 spiro atoms. The first-order chi connectivity index (χ1) is 26.6. The van der Waals surface area contributed by atoms with Gasteiger partial charge >= 0.3 is 0 Å². The summed E-state index contributed by atoms with van der Waals surface area (Å²) in [6.07, 6.45) is 10.9. The Balaban J connectivity index is 1.47. The van der Waals surface area contributed by atoms with E-state index >= 15 is 0 Å². The third-order valence-corrected chi connectivity index (χ3v) is 11.9. The Labute approximate surface area is 325 Å². The van der Waals surface area contributed by atoms with Gasteiger partial charge in [-0.3, -0.25) is 4.79 Å². The van der Waals surface area contributed by atoms with Crippen molar-refractivity contribution < 1.29 is 34.4 Å². The van der Waals surface area contributed by atoms with Crippen molar-refractivity contribution in [3.63, 3.8) is 0 Å². The first-order valence-corrected chi connectivity index (χ1v) is 20.3. The first-order valence-electron chi connectivity index (χ1n) is 20.3. The fourth-order valence-electron chi connectivity index (χ4n) is 9.37. The Morgan fingerprint density at radius 1 is 1.02 bits per heavy atom. The van der Waals surface area contributed by atoms with E-state index in [-0.39, 0.29) is 55.1 Å². The number of unbranched alkanes of at least 4 members (excludes halogenated alkanes) is 2. The van der Waals surface area contributed by atoms with Gasteiger partial charge in [0.15, 0.2) is 0 Å². The predicted octanol–water partition coefficient (Wildman–Crippen LogP) is 8.42. The number of oxime groups is 1. The van der Waals surface area contributed by atoms with E-state index in [0.29, 0.717) is 31.6 Å². The Kier molecular flexibility index (Phi) is 11.7. The molecule has 1 amide bonds. The molecule has 7 rings (SSSR count). The van der Waals surface area contributed by atoms with Gasteiger partial charge in [-0.2, -0.15) is 0 Å². The van der Waals surface area contributed by atoms with Gasteiger partial charge in [0.05, 0.1) is 18.2 Å². The molecule has 0 unspecified atom stereocenters. The average Bonchev–Trinajstić information content (AvgIpc) is 4.02. The van der Waals surface area contributed by atoms with E-state index in [4.69, 9.17) is 19.5 Å². The number of carbonyl (C=O) groups excluding carboxylic acids is 1. The predicted molar refractivity (Wildman–Crippen MR) is 215 cm³/mol. The van der Waals surface area contributed by atoms with E-state index in [1.807, 2.05) is 49.9 Å². The van der Waals surface area contributed by atoms with Crippen LogP contribution in [0.1, 0.15) is 95.6 Å². The molecule has 0 bridgehead atoms. The van der Waals surface area contributed by atoms with Crippen LogP contribution in [0.2, 0.25) is 0 Å². The van der Waals surface area contributed by atoms with Crippen molar-refractivity contribution in [2.45, 2.75) is 108 Å². The zero-order chi connectivity index (χ0) is 38.7. The molecule has 3 N–H and O–H groups in total. The standard InChI is InChI=1S/C46H58N2O7/c1-5-25-53-46-41(48(44(52)31-19-20-31)29-33-16-12-15-30-13-6-7-17-35(30)33)28-39(47-55-45(2,3)4)37-26-32(14-8-10-23-49)36(18-9-11-24-50)42(43(37)46)38-27-34(51)21-22-40(38)54-46/h5-7,12-13,15-17,21-22,26-27,31-32,36,41-43,49-51H,1,8-11,14,18-20,23-25,28-29H2,2-4H3/t32-,36+,41-,42+,43+,46+/m0/s1. The SMILES string of the molecule is C=CCO[C@@]12Oc3ccc(O)cc3[C@H]3[C@H](CCCCO)[C@@H](CCCCO)C=C(C(=NOC(C)(C)C)C[C@@H]1N(Cc1cccc4ccccc14)C(=O)C1CC1)[C@H]32. The van der Waals surface area contributed by atoms with Gasteiger partial charge in [0.25, 0.3) is 0 Å². The lowest BCUT2D eigenvalue weighted by Gasteiger charge is -2.60. The highest BCUT2D eigenvalue weighted by atomic mass is 16.7. The van der Waals surface area contributed by atoms with E-state index in [2.05, 4.69) is 43.0 Å². The number of nitrogens with zero attached hydrogens (tertiary/aromatic N) is 2. The lowest BCUT2D eigenvalue weighted by atomic mass is 9.55. The molecule has 6 atom stereocenters. The van der Waals surface area contributed by atoms with E-state index in [9.17, 15) is 20.1 Å². The van der Waals surface area contributed by atoms with E-state index in [0.717, 1.165) is 71.7 Å². The zero-order valence-corrected chi connectivity index (χ0v) is 32.7. The second kappa shape index (κ2) is 16.5. The summed E-state index contributed by atoms with van der Waals surface area (Å²) in [6.45, 7) is 10.8. The number of hydrogen-bond acceptors (Lipinski definition) is 8. The summed E-state index contributed by atoms with van der Waals surface area (Å²) in [7, 11) is 0. The minimum Gasteiger partial charge on any atom is -0.508 e. The molecule has 0 saturated heterocycles. The summed E-state index contributed by atoms with van der Waals surface area (Å²) in [6, 6.07) is 19.3. The molecular formula is C46H58N2O7. The highest BCUT2D eigenvalue weighted by Crippen LogP contribution is 2.62. The van der Waals surface area contributed by atoms with Gasteiger partial charge in [0.1, 0.15) is 23.1 Å². The summed E-state index contributed by atoms with van der Waals surface area (Å²) >= 11 is 0. The fourth-order valence-corrected chi connectivity index (χ4v) is 9.37. The number of fused-ring (bicyclic) bond motifs is 3. The number of hydrogen-bond donors (Lipinski definition) is 3. The average molecular weight is 751 g/mol. The van der Waals surface area contributed by atoms with Crippen LogP contribution in [-0.2, 0) is 20.9 Å². The summed E-state index contributed by atoms with van der Waals surface area (Å²) in [5, 5.41) is 37.8. The first kappa shape index (κ1) is 39.1. The van der Waals surface area contributed by atoms with Gasteiger partial charge in [0.2, 0.25) is 11.7 Å². The normalized spacial score (nSPS) is 26.5. The quantitative estimate of drug-likeness (QED) is 0.0764. The second-order valence-corrected chi connectivity index (χ2v) is 16.9. The van der Waals surface area contributed by atoms with Gasteiger partial charge in [-0.05, 0) is 111 Å². The number of rotatable bonds is 16. The molecule has 1 heterocycles. The van der Waals surface area contributed by atoms with Crippen LogP contribution in [0.25, 0.3) is 10.8 Å². The Bertz CT molecular complexity index is 1910. The van der Waals surface area contributed by atoms with Crippen molar-refractivity contribution in [3.05, 3.63) is 96.1 Å². The largest absolute Gasteiger partial charge is 0.508 e. The Hall–Kier alpha value is -4.18.